The van der Waals surface area contributed by atoms with Crippen molar-refractivity contribution in [2.24, 2.45) is 0 Å². The molecule has 1 heterocycles. The minimum absolute atomic E-state index is 0.0464. The van der Waals surface area contributed by atoms with Crippen LogP contribution in [0.15, 0.2) is 29.6 Å². The second-order valence-electron chi connectivity index (χ2n) is 4.74. The summed E-state index contributed by atoms with van der Waals surface area (Å²) in [6, 6.07) is 7.66. The molecule has 0 atom stereocenters. The first-order chi connectivity index (χ1) is 9.54. The number of aryl methyl sites for hydroxylation is 1. The zero-order valence-corrected chi connectivity index (χ0v) is 12.7. The number of hydrogen-bond acceptors (Lipinski definition) is 4. The van der Waals surface area contributed by atoms with Gasteiger partial charge < -0.3 is 10.1 Å². The standard InChI is InChI=1S/C15H18N2O2S/c1-10(2)19-8-15(18)17-13-6-4-5-12(7-13)14-9-20-11(3)16-14/h4-7,9-10H,8H2,1-3H3,(H,17,18). The molecule has 0 aliphatic heterocycles. The van der Waals surface area contributed by atoms with Gasteiger partial charge in [0.15, 0.2) is 0 Å². The molecule has 0 radical (unpaired) electrons. The molecule has 1 amide bonds. The molecular weight excluding hydrogens is 272 g/mol. The van der Waals surface area contributed by atoms with E-state index >= 15 is 0 Å². The number of benzene rings is 1. The van der Waals surface area contributed by atoms with Gasteiger partial charge in [-0.3, -0.25) is 4.79 Å². The number of amides is 1. The third-order valence-corrected chi connectivity index (χ3v) is 3.38. The van der Waals surface area contributed by atoms with E-state index in [2.05, 4.69) is 10.3 Å². The molecule has 0 fully saturated rings. The molecule has 2 aromatic rings. The van der Waals surface area contributed by atoms with Crippen LogP contribution in [0.1, 0.15) is 18.9 Å². The maximum absolute atomic E-state index is 11.7. The lowest BCUT2D eigenvalue weighted by Gasteiger charge is -2.09. The number of nitrogens with one attached hydrogen (secondary N) is 1. The quantitative estimate of drug-likeness (QED) is 0.917. The van der Waals surface area contributed by atoms with E-state index in [0.29, 0.717) is 0 Å². The fourth-order valence-electron chi connectivity index (χ4n) is 1.69. The van der Waals surface area contributed by atoms with Gasteiger partial charge in [-0.2, -0.15) is 0 Å². The number of carbonyl (C=O) groups is 1. The topological polar surface area (TPSA) is 51.2 Å². The normalized spacial score (nSPS) is 10.8. The van der Waals surface area contributed by atoms with Crippen LogP contribution >= 0.6 is 11.3 Å². The molecule has 4 nitrogen and oxygen atoms in total. The summed E-state index contributed by atoms with van der Waals surface area (Å²) in [5.41, 5.74) is 2.68. The molecule has 20 heavy (non-hydrogen) atoms. The summed E-state index contributed by atoms with van der Waals surface area (Å²) in [6.07, 6.45) is 0.0464. The Balaban J connectivity index is 2.05. The van der Waals surface area contributed by atoms with Crippen LogP contribution in [0.4, 0.5) is 5.69 Å². The fraction of sp³-hybridized carbons (Fsp3) is 0.333. The molecule has 5 heteroatoms. The van der Waals surface area contributed by atoms with Crippen molar-refractivity contribution >= 4 is 22.9 Å². The SMILES string of the molecule is Cc1nc(-c2cccc(NC(=O)COC(C)C)c2)cs1. The van der Waals surface area contributed by atoms with Crippen LogP contribution < -0.4 is 5.32 Å². The summed E-state index contributed by atoms with van der Waals surface area (Å²) >= 11 is 1.61. The van der Waals surface area contributed by atoms with Crippen molar-refractivity contribution in [2.75, 3.05) is 11.9 Å². The first kappa shape index (κ1) is 14.7. The van der Waals surface area contributed by atoms with Gasteiger partial charge in [0.25, 0.3) is 0 Å². The predicted octanol–water partition coefficient (Wildman–Crippen LogP) is 3.48. The zero-order valence-electron chi connectivity index (χ0n) is 11.8. The minimum Gasteiger partial charge on any atom is -0.369 e. The highest BCUT2D eigenvalue weighted by Gasteiger charge is 2.06. The molecular formula is C15H18N2O2S. The van der Waals surface area contributed by atoms with Crippen LogP contribution in [0, 0.1) is 6.92 Å². The van der Waals surface area contributed by atoms with Crippen LogP contribution in [0.5, 0.6) is 0 Å². The fourth-order valence-corrected chi connectivity index (χ4v) is 2.31. The van der Waals surface area contributed by atoms with Crippen molar-refractivity contribution < 1.29 is 9.53 Å². The zero-order chi connectivity index (χ0) is 14.5. The van der Waals surface area contributed by atoms with E-state index in [1.807, 2.05) is 50.4 Å². The van der Waals surface area contributed by atoms with Gasteiger partial charge in [-0.25, -0.2) is 4.98 Å². The average Bonchev–Trinajstić information content (AvgIpc) is 2.83. The highest BCUT2D eigenvalue weighted by atomic mass is 32.1. The molecule has 1 N–H and O–H groups in total. The molecule has 0 saturated heterocycles. The number of aromatic nitrogens is 1. The minimum atomic E-state index is -0.148. The van der Waals surface area contributed by atoms with E-state index in [4.69, 9.17) is 4.74 Å². The molecule has 0 bridgehead atoms. The summed E-state index contributed by atoms with van der Waals surface area (Å²) in [4.78, 5) is 16.2. The van der Waals surface area contributed by atoms with Crippen molar-refractivity contribution in [1.29, 1.82) is 0 Å². The number of ether oxygens (including phenoxy) is 1. The Morgan fingerprint density at radius 2 is 2.25 bits per heavy atom. The molecule has 1 aromatic carbocycles. The van der Waals surface area contributed by atoms with Crippen molar-refractivity contribution in [3.8, 4) is 11.3 Å². The summed E-state index contributed by atoms with van der Waals surface area (Å²) in [5, 5.41) is 5.87. The van der Waals surface area contributed by atoms with Gasteiger partial charge in [-0.1, -0.05) is 12.1 Å². The van der Waals surface area contributed by atoms with Crippen LogP contribution in [-0.2, 0) is 9.53 Å². The molecule has 0 unspecified atom stereocenters. The Kier molecular flexibility index (Phi) is 4.87. The number of nitrogens with zero attached hydrogens (tertiary/aromatic N) is 1. The lowest BCUT2D eigenvalue weighted by atomic mass is 10.1. The van der Waals surface area contributed by atoms with E-state index in [0.717, 1.165) is 22.0 Å². The highest BCUT2D eigenvalue weighted by Crippen LogP contribution is 2.24. The molecule has 106 valence electrons. The monoisotopic (exact) mass is 290 g/mol. The average molecular weight is 290 g/mol. The van der Waals surface area contributed by atoms with Crippen molar-refractivity contribution in [1.82, 2.24) is 4.98 Å². The molecule has 1 aromatic heterocycles. The van der Waals surface area contributed by atoms with Gasteiger partial charge in [0.2, 0.25) is 5.91 Å². The van der Waals surface area contributed by atoms with Crippen LogP contribution in [0.2, 0.25) is 0 Å². The molecule has 0 aliphatic rings. The predicted molar refractivity (Wildman–Crippen MR) is 82.0 cm³/mol. The van der Waals surface area contributed by atoms with Crippen molar-refractivity contribution in [2.45, 2.75) is 26.9 Å². The number of rotatable bonds is 5. The van der Waals surface area contributed by atoms with E-state index in [9.17, 15) is 4.79 Å². The van der Waals surface area contributed by atoms with Gasteiger partial charge in [-0.05, 0) is 32.9 Å². The molecule has 0 saturated carbocycles. The van der Waals surface area contributed by atoms with E-state index < -0.39 is 0 Å². The largest absolute Gasteiger partial charge is 0.369 e. The van der Waals surface area contributed by atoms with E-state index in [1.165, 1.54) is 0 Å². The van der Waals surface area contributed by atoms with E-state index in [1.54, 1.807) is 11.3 Å². The third kappa shape index (κ3) is 4.15. The summed E-state index contributed by atoms with van der Waals surface area (Å²) in [6.45, 7) is 5.84. The Labute approximate surface area is 122 Å². The Morgan fingerprint density at radius 1 is 1.45 bits per heavy atom. The molecule has 0 spiro atoms. The van der Waals surface area contributed by atoms with Crippen LogP contribution in [0.25, 0.3) is 11.3 Å². The first-order valence-electron chi connectivity index (χ1n) is 6.48. The number of carbonyl (C=O) groups excluding carboxylic acids is 1. The molecule has 0 aliphatic carbocycles. The van der Waals surface area contributed by atoms with Gasteiger partial charge in [0.05, 0.1) is 16.8 Å². The lowest BCUT2D eigenvalue weighted by molar-refractivity contribution is -0.121. The van der Waals surface area contributed by atoms with Gasteiger partial charge in [0.1, 0.15) is 6.61 Å². The maximum Gasteiger partial charge on any atom is 0.250 e. The van der Waals surface area contributed by atoms with Crippen LogP contribution in [-0.4, -0.2) is 23.6 Å². The second-order valence-corrected chi connectivity index (χ2v) is 5.80. The Hall–Kier alpha value is -1.72. The summed E-state index contributed by atoms with van der Waals surface area (Å²) < 4.78 is 5.27. The number of thiazole rings is 1. The van der Waals surface area contributed by atoms with E-state index in [-0.39, 0.29) is 18.6 Å². The van der Waals surface area contributed by atoms with Crippen LogP contribution in [0.3, 0.4) is 0 Å². The Bertz CT molecular complexity index is 593. The van der Waals surface area contributed by atoms with Crippen molar-refractivity contribution in [3.05, 3.63) is 34.7 Å². The summed E-state index contributed by atoms with van der Waals surface area (Å²) in [7, 11) is 0. The maximum atomic E-state index is 11.7. The highest BCUT2D eigenvalue weighted by molar-refractivity contribution is 7.09. The smallest absolute Gasteiger partial charge is 0.250 e. The molecule has 2 rings (SSSR count). The second kappa shape index (κ2) is 6.63. The van der Waals surface area contributed by atoms with Gasteiger partial charge >= 0.3 is 0 Å². The van der Waals surface area contributed by atoms with Crippen molar-refractivity contribution in [3.63, 3.8) is 0 Å². The first-order valence-corrected chi connectivity index (χ1v) is 7.36. The Morgan fingerprint density at radius 3 is 2.90 bits per heavy atom. The van der Waals surface area contributed by atoms with Gasteiger partial charge in [-0.15, -0.1) is 11.3 Å². The number of anilines is 1. The lowest BCUT2D eigenvalue weighted by Crippen LogP contribution is -2.20. The third-order valence-electron chi connectivity index (χ3n) is 2.61. The summed E-state index contributed by atoms with van der Waals surface area (Å²) in [5.74, 6) is -0.148. The van der Waals surface area contributed by atoms with Gasteiger partial charge in [0, 0.05) is 16.6 Å². The number of hydrogen-bond donors (Lipinski definition) is 1.